The molecule has 2 nitrogen and oxygen atoms in total. The summed E-state index contributed by atoms with van der Waals surface area (Å²) in [7, 11) is 1.47. The molecule has 0 saturated heterocycles. The van der Waals surface area contributed by atoms with Crippen molar-refractivity contribution in [1.29, 1.82) is 0 Å². The molecule has 0 bridgehead atoms. The highest BCUT2D eigenvalue weighted by Crippen LogP contribution is 2.78. The van der Waals surface area contributed by atoms with Crippen LogP contribution in [0.15, 0.2) is 12.2 Å². The van der Waals surface area contributed by atoms with E-state index in [9.17, 15) is 4.79 Å². The first-order valence-corrected chi connectivity index (χ1v) is 4.76. The average Bonchev–Trinajstić information content (AvgIpc) is 2.41. The summed E-state index contributed by atoms with van der Waals surface area (Å²) in [5.41, 5.74) is 0.825. The van der Waals surface area contributed by atoms with Crippen molar-refractivity contribution in [2.24, 2.45) is 16.7 Å². The highest BCUT2D eigenvalue weighted by atomic mass is 16.5. The van der Waals surface area contributed by atoms with Crippen LogP contribution in [0.25, 0.3) is 0 Å². The monoisotopic (exact) mass is 180 g/mol. The lowest BCUT2D eigenvalue weighted by molar-refractivity contribution is -0.146. The van der Waals surface area contributed by atoms with Gasteiger partial charge in [-0.1, -0.05) is 26.0 Å². The van der Waals surface area contributed by atoms with Gasteiger partial charge in [-0.05, 0) is 24.2 Å². The summed E-state index contributed by atoms with van der Waals surface area (Å²) < 4.78 is 4.89. The van der Waals surface area contributed by atoms with Gasteiger partial charge in [-0.2, -0.15) is 0 Å². The van der Waals surface area contributed by atoms with Gasteiger partial charge >= 0.3 is 5.97 Å². The van der Waals surface area contributed by atoms with E-state index in [0.29, 0.717) is 5.92 Å². The fraction of sp³-hybridized carbons (Fsp3) is 0.727. The van der Waals surface area contributed by atoms with Crippen LogP contribution in [0, 0.1) is 16.7 Å². The first kappa shape index (κ1) is 8.79. The van der Waals surface area contributed by atoms with Crippen LogP contribution < -0.4 is 0 Å². The van der Waals surface area contributed by atoms with Crippen molar-refractivity contribution < 1.29 is 9.53 Å². The standard InChI is InChI=1S/C11H16O2/c1-7-5-6-8-10(2,3)11(7,8)9(12)13-4/h8H,1,5-6H2,2-4H3/t8-,11+/m1/s1. The molecule has 0 spiro atoms. The van der Waals surface area contributed by atoms with Crippen LogP contribution in [0.5, 0.6) is 0 Å². The van der Waals surface area contributed by atoms with Crippen molar-refractivity contribution in [3.05, 3.63) is 12.2 Å². The van der Waals surface area contributed by atoms with Crippen molar-refractivity contribution in [1.82, 2.24) is 0 Å². The lowest BCUT2D eigenvalue weighted by atomic mass is 9.88. The molecule has 0 N–H and O–H groups in total. The highest BCUT2D eigenvalue weighted by Gasteiger charge is 2.79. The molecule has 2 saturated carbocycles. The Morgan fingerprint density at radius 1 is 1.62 bits per heavy atom. The van der Waals surface area contributed by atoms with Gasteiger partial charge in [0.1, 0.15) is 0 Å². The average molecular weight is 180 g/mol. The molecular formula is C11H16O2. The number of rotatable bonds is 1. The third kappa shape index (κ3) is 0.687. The van der Waals surface area contributed by atoms with Gasteiger partial charge in [0.25, 0.3) is 0 Å². The normalized spacial score (nSPS) is 39.9. The minimum absolute atomic E-state index is 0.0787. The molecule has 2 atom stereocenters. The van der Waals surface area contributed by atoms with Gasteiger partial charge < -0.3 is 4.74 Å². The first-order chi connectivity index (χ1) is 5.99. The van der Waals surface area contributed by atoms with Gasteiger partial charge in [-0.25, -0.2) is 0 Å². The van der Waals surface area contributed by atoms with E-state index in [1.54, 1.807) is 0 Å². The van der Waals surface area contributed by atoms with E-state index in [0.717, 1.165) is 18.4 Å². The number of carbonyl (C=O) groups excluding carboxylic acids is 1. The number of ether oxygens (including phenoxy) is 1. The molecule has 0 unspecified atom stereocenters. The largest absolute Gasteiger partial charge is 0.468 e. The van der Waals surface area contributed by atoms with Gasteiger partial charge in [0, 0.05) is 0 Å². The Hall–Kier alpha value is -0.790. The second-order valence-corrected chi connectivity index (χ2v) is 4.72. The number of fused-ring (bicyclic) bond motifs is 1. The molecule has 0 amide bonds. The van der Waals surface area contributed by atoms with E-state index in [1.807, 2.05) is 0 Å². The van der Waals surface area contributed by atoms with Crippen LogP contribution >= 0.6 is 0 Å². The fourth-order valence-corrected chi connectivity index (χ4v) is 3.38. The Kier molecular flexibility index (Phi) is 1.47. The summed E-state index contributed by atoms with van der Waals surface area (Å²) >= 11 is 0. The first-order valence-electron chi connectivity index (χ1n) is 4.76. The molecule has 0 aliphatic heterocycles. The molecule has 2 rings (SSSR count). The Bertz CT molecular complexity index is 290. The van der Waals surface area contributed by atoms with Gasteiger partial charge in [0.15, 0.2) is 0 Å². The van der Waals surface area contributed by atoms with E-state index in [-0.39, 0.29) is 16.8 Å². The van der Waals surface area contributed by atoms with Crippen molar-refractivity contribution in [3.8, 4) is 0 Å². The fourth-order valence-electron chi connectivity index (χ4n) is 3.38. The van der Waals surface area contributed by atoms with Gasteiger partial charge in [-0.3, -0.25) is 4.79 Å². The Morgan fingerprint density at radius 2 is 2.23 bits per heavy atom. The maximum absolute atomic E-state index is 11.7. The summed E-state index contributed by atoms with van der Waals surface area (Å²) in [5, 5.41) is 0. The predicted molar refractivity (Wildman–Crippen MR) is 50.1 cm³/mol. The molecule has 0 radical (unpaired) electrons. The topological polar surface area (TPSA) is 26.3 Å². The molecular weight excluding hydrogens is 164 g/mol. The molecule has 0 heterocycles. The van der Waals surface area contributed by atoms with Crippen molar-refractivity contribution in [3.63, 3.8) is 0 Å². The summed E-state index contributed by atoms with van der Waals surface area (Å²) in [6.45, 7) is 8.29. The molecule has 2 fully saturated rings. The molecule has 2 aliphatic rings. The maximum atomic E-state index is 11.7. The van der Waals surface area contributed by atoms with Crippen LogP contribution in [-0.4, -0.2) is 13.1 Å². The van der Waals surface area contributed by atoms with Gasteiger partial charge in [0.05, 0.1) is 12.5 Å². The van der Waals surface area contributed by atoms with E-state index in [1.165, 1.54) is 7.11 Å². The number of hydrogen-bond acceptors (Lipinski definition) is 2. The van der Waals surface area contributed by atoms with Crippen molar-refractivity contribution >= 4 is 5.97 Å². The Morgan fingerprint density at radius 3 is 2.62 bits per heavy atom. The summed E-state index contributed by atoms with van der Waals surface area (Å²) in [6.07, 6.45) is 2.09. The van der Waals surface area contributed by atoms with Crippen molar-refractivity contribution in [2.45, 2.75) is 26.7 Å². The van der Waals surface area contributed by atoms with Crippen LogP contribution in [-0.2, 0) is 9.53 Å². The van der Waals surface area contributed by atoms with Crippen LogP contribution in [0.1, 0.15) is 26.7 Å². The molecule has 0 aromatic heterocycles. The van der Waals surface area contributed by atoms with Gasteiger partial charge in [0.2, 0.25) is 0 Å². The lowest BCUT2D eigenvalue weighted by Crippen LogP contribution is -2.23. The van der Waals surface area contributed by atoms with Crippen molar-refractivity contribution in [2.75, 3.05) is 7.11 Å². The minimum Gasteiger partial charge on any atom is -0.468 e. The summed E-state index contributed by atoms with van der Waals surface area (Å²) in [5.74, 6) is 0.393. The molecule has 72 valence electrons. The van der Waals surface area contributed by atoms with E-state index in [2.05, 4.69) is 20.4 Å². The van der Waals surface area contributed by atoms with E-state index in [4.69, 9.17) is 4.74 Å². The Balaban J connectivity index is 2.40. The zero-order valence-electron chi connectivity index (χ0n) is 8.52. The second-order valence-electron chi connectivity index (χ2n) is 4.72. The van der Waals surface area contributed by atoms with E-state index >= 15 is 0 Å². The lowest BCUT2D eigenvalue weighted by Gasteiger charge is -2.18. The maximum Gasteiger partial charge on any atom is 0.316 e. The number of esters is 1. The third-order valence-corrected chi connectivity index (χ3v) is 4.13. The third-order valence-electron chi connectivity index (χ3n) is 4.13. The van der Waals surface area contributed by atoms with Crippen LogP contribution in [0.3, 0.4) is 0 Å². The molecule has 13 heavy (non-hydrogen) atoms. The highest BCUT2D eigenvalue weighted by molar-refractivity contribution is 5.87. The number of methoxy groups -OCH3 is 1. The van der Waals surface area contributed by atoms with Crippen LogP contribution in [0.4, 0.5) is 0 Å². The van der Waals surface area contributed by atoms with E-state index < -0.39 is 0 Å². The van der Waals surface area contributed by atoms with Crippen LogP contribution in [0.2, 0.25) is 0 Å². The summed E-state index contributed by atoms with van der Waals surface area (Å²) in [6, 6.07) is 0. The zero-order chi connectivity index (χ0) is 9.85. The molecule has 2 aliphatic carbocycles. The second kappa shape index (κ2) is 2.17. The molecule has 0 aromatic rings. The predicted octanol–water partition coefficient (Wildman–Crippen LogP) is 2.15. The molecule has 0 aromatic carbocycles. The Labute approximate surface area is 79.0 Å². The SMILES string of the molecule is C=C1CC[C@@H]2C(C)(C)[C@@]12C(=O)OC. The number of hydrogen-bond donors (Lipinski definition) is 0. The molecule has 2 heteroatoms. The summed E-state index contributed by atoms with van der Waals surface area (Å²) in [4.78, 5) is 11.7. The quantitative estimate of drug-likeness (QED) is 0.456. The zero-order valence-corrected chi connectivity index (χ0v) is 8.52. The minimum atomic E-state index is -0.332. The smallest absolute Gasteiger partial charge is 0.316 e. The van der Waals surface area contributed by atoms with Gasteiger partial charge in [-0.15, -0.1) is 0 Å². The number of carbonyl (C=O) groups is 1.